The van der Waals surface area contributed by atoms with Crippen LogP contribution in [0.25, 0.3) is 0 Å². The lowest BCUT2D eigenvalue weighted by molar-refractivity contribution is -0.133. The molecule has 3 rings (SSSR count). The predicted octanol–water partition coefficient (Wildman–Crippen LogP) is 1.53. The summed E-state index contributed by atoms with van der Waals surface area (Å²) < 4.78 is 1.20. The minimum atomic E-state index is -0.598. The van der Waals surface area contributed by atoms with Crippen molar-refractivity contribution >= 4 is 17.2 Å². The second kappa shape index (κ2) is 7.92. The fraction of sp³-hybridized carbons (Fsp3) is 0.222. The first-order valence-corrected chi connectivity index (χ1v) is 8.91. The fourth-order valence-electron chi connectivity index (χ4n) is 2.50. The molecular weight excluding hydrogens is 352 g/mol. The molecule has 8 heteroatoms. The minimum absolute atomic E-state index is 0.139. The summed E-state index contributed by atoms with van der Waals surface area (Å²) in [5.74, 6) is -0.212. The molecule has 7 nitrogen and oxygen atoms in total. The van der Waals surface area contributed by atoms with Gasteiger partial charge in [0.05, 0.1) is 17.7 Å². The van der Waals surface area contributed by atoms with Gasteiger partial charge in [-0.3, -0.25) is 19.1 Å². The third-order valence-electron chi connectivity index (χ3n) is 3.95. The molecule has 3 aromatic rings. The second-order valence-corrected chi connectivity index (χ2v) is 6.77. The van der Waals surface area contributed by atoms with Crippen LogP contribution >= 0.6 is 11.3 Å². The molecular formula is C18H18N4O3S. The van der Waals surface area contributed by atoms with Crippen LogP contribution in [0.1, 0.15) is 16.1 Å². The van der Waals surface area contributed by atoms with Crippen LogP contribution in [-0.4, -0.2) is 25.3 Å². The van der Waals surface area contributed by atoms with Crippen molar-refractivity contribution in [1.82, 2.24) is 19.4 Å². The van der Waals surface area contributed by atoms with Gasteiger partial charge < -0.3 is 4.90 Å². The van der Waals surface area contributed by atoms with E-state index in [4.69, 9.17) is 0 Å². The summed E-state index contributed by atoms with van der Waals surface area (Å²) in [6.45, 7) is 2.61. The second-order valence-electron chi connectivity index (χ2n) is 5.83. The molecule has 26 heavy (non-hydrogen) atoms. The molecule has 1 amide bonds. The van der Waals surface area contributed by atoms with Gasteiger partial charge in [-0.1, -0.05) is 30.3 Å². The first-order valence-electron chi connectivity index (χ1n) is 8.03. The molecule has 0 fully saturated rings. The quantitative estimate of drug-likeness (QED) is 0.713. The molecule has 0 aliphatic heterocycles. The number of H-pyrrole nitrogens is 1. The van der Waals surface area contributed by atoms with E-state index >= 15 is 0 Å². The summed E-state index contributed by atoms with van der Waals surface area (Å²) in [5.41, 5.74) is 2.56. The van der Waals surface area contributed by atoms with Crippen LogP contribution < -0.4 is 11.2 Å². The maximum absolute atomic E-state index is 12.9. The van der Waals surface area contributed by atoms with Gasteiger partial charge in [0.15, 0.2) is 0 Å². The van der Waals surface area contributed by atoms with E-state index in [0.29, 0.717) is 13.1 Å². The van der Waals surface area contributed by atoms with Crippen LogP contribution in [-0.2, 0) is 24.4 Å². The van der Waals surface area contributed by atoms with E-state index in [-0.39, 0.29) is 12.5 Å². The predicted molar refractivity (Wildman–Crippen MR) is 98.9 cm³/mol. The number of rotatable bonds is 6. The van der Waals surface area contributed by atoms with Gasteiger partial charge in [0.2, 0.25) is 5.91 Å². The molecule has 2 heterocycles. The summed E-state index contributed by atoms with van der Waals surface area (Å²) in [5, 5.41) is 0. The SMILES string of the molecule is Cc1ncsc1CN(Cc1ccccc1)C(=O)Cn1ccc(=O)[nH]c1=O. The number of aromatic amines is 1. The first kappa shape index (κ1) is 17.8. The van der Waals surface area contributed by atoms with Gasteiger partial charge in [-0.05, 0) is 12.5 Å². The van der Waals surface area contributed by atoms with Crippen LogP contribution in [0.3, 0.4) is 0 Å². The summed E-state index contributed by atoms with van der Waals surface area (Å²) >= 11 is 1.50. The number of nitrogens with zero attached hydrogens (tertiary/aromatic N) is 3. The molecule has 0 unspecified atom stereocenters. The molecule has 0 spiro atoms. The smallest absolute Gasteiger partial charge is 0.328 e. The number of carbonyl (C=O) groups is 1. The number of thiazole rings is 1. The number of nitrogens with one attached hydrogen (secondary N) is 1. The normalized spacial score (nSPS) is 10.7. The lowest BCUT2D eigenvalue weighted by atomic mass is 10.2. The average molecular weight is 370 g/mol. The van der Waals surface area contributed by atoms with Crippen molar-refractivity contribution in [1.29, 1.82) is 0 Å². The topological polar surface area (TPSA) is 88.1 Å². The molecule has 2 aromatic heterocycles. The van der Waals surface area contributed by atoms with Gasteiger partial charge in [0.1, 0.15) is 6.54 Å². The third-order valence-corrected chi connectivity index (χ3v) is 4.87. The molecule has 1 N–H and O–H groups in total. The highest BCUT2D eigenvalue weighted by Gasteiger charge is 2.18. The van der Waals surface area contributed by atoms with Gasteiger partial charge in [-0.25, -0.2) is 9.78 Å². The zero-order valence-corrected chi connectivity index (χ0v) is 15.0. The van der Waals surface area contributed by atoms with Crippen molar-refractivity contribution in [3.05, 3.63) is 85.1 Å². The molecule has 0 bridgehead atoms. The van der Waals surface area contributed by atoms with Crippen LogP contribution in [0.15, 0.2) is 57.7 Å². The van der Waals surface area contributed by atoms with Gasteiger partial charge in [0, 0.05) is 23.7 Å². The number of aromatic nitrogens is 3. The van der Waals surface area contributed by atoms with Crippen molar-refractivity contribution in [3.63, 3.8) is 0 Å². The highest BCUT2D eigenvalue weighted by atomic mass is 32.1. The first-order chi connectivity index (χ1) is 12.5. The fourth-order valence-corrected chi connectivity index (χ4v) is 3.29. The Bertz CT molecular complexity index is 1010. The molecule has 0 atom stereocenters. The van der Waals surface area contributed by atoms with Gasteiger partial charge in [0.25, 0.3) is 5.56 Å². The van der Waals surface area contributed by atoms with E-state index in [1.54, 1.807) is 10.4 Å². The number of hydrogen-bond acceptors (Lipinski definition) is 5. The lowest BCUT2D eigenvalue weighted by Gasteiger charge is -2.23. The minimum Gasteiger partial charge on any atom is -0.332 e. The largest absolute Gasteiger partial charge is 0.332 e. The molecule has 0 aliphatic carbocycles. The summed E-state index contributed by atoms with van der Waals surface area (Å²) in [6.07, 6.45) is 1.33. The van der Waals surface area contributed by atoms with Crippen molar-refractivity contribution in [2.45, 2.75) is 26.6 Å². The summed E-state index contributed by atoms with van der Waals surface area (Å²) in [4.78, 5) is 45.0. The van der Waals surface area contributed by atoms with Gasteiger partial charge >= 0.3 is 5.69 Å². The van der Waals surface area contributed by atoms with Crippen LogP contribution in [0.5, 0.6) is 0 Å². The zero-order chi connectivity index (χ0) is 18.5. The third kappa shape index (κ3) is 4.34. The van der Waals surface area contributed by atoms with Gasteiger partial charge in [-0.15, -0.1) is 11.3 Å². The molecule has 1 aromatic carbocycles. The Morgan fingerprint density at radius 2 is 1.96 bits per heavy atom. The number of hydrogen-bond donors (Lipinski definition) is 1. The number of carbonyl (C=O) groups excluding carboxylic acids is 1. The van der Waals surface area contributed by atoms with Crippen LogP contribution in [0.4, 0.5) is 0 Å². The van der Waals surface area contributed by atoms with Crippen LogP contribution in [0, 0.1) is 6.92 Å². The highest BCUT2D eigenvalue weighted by molar-refractivity contribution is 7.09. The number of aryl methyl sites for hydroxylation is 1. The Morgan fingerprint density at radius 3 is 2.62 bits per heavy atom. The monoisotopic (exact) mass is 370 g/mol. The number of amides is 1. The highest BCUT2D eigenvalue weighted by Crippen LogP contribution is 2.17. The van der Waals surface area contributed by atoms with E-state index < -0.39 is 11.2 Å². The van der Waals surface area contributed by atoms with Crippen molar-refractivity contribution in [2.75, 3.05) is 0 Å². The Morgan fingerprint density at radius 1 is 1.19 bits per heavy atom. The van der Waals surface area contributed by atoms with E-state index in [1.165, 1.54) is 28.2 Å². The molecule has 0 aliphatic rings. The zero-order valence-electron chi connectivity index (χ0n) is 14.2. The van der Waals surface area contributed by atoms with E-state index in [1.807, 2.05) is 37.3 Å². The Labute approximate surface area is 153 Å². The van der Waals surface area contributed by atoms with Crippen LogP contribution in [0.2, 0.25) is 0 Å². The van der Waals surface area contributed by atoms with Crippen molar-refractivity contribution < 1.29 is 4.79 Å². The maximum Gasteiger partial charge on any atom is 0.328 e. The van der Waals surface area contributed by atoms with E-state index in [2.05, 4.69) is 9.97 Å². The Balaban J connectivity index is 1.83. The van der Waals surface area contributed by atoms with E-state index in [0.717, 1.165) is 16.1 Å². The van der Waals surface area contributed by atoms with Crippen molar-refractivity contribution in [2.24, 2.45) is 0 Å². The lowest BCUT2D eigenvalue weighted by Crippen LogP contribution is -2.37. The molecule has 134 valence electrons. The number of benzene rings is 1. The summed E-state index contributed by atoms with van der Waals surface area (Å²) in [6, 6.07) is 10.9. The average Bonchev–Trinajstić information content (AvgIpc) is 3.02. The summed E-state index contributed by atoms with van der Waals surface area (Å²) in [7, 11) is 0. The molecule has 0 saturated carbocycles. The maximum atomic E-state index is 12.9. The standard InChI is InChI=1S/C18H18N4O3S/c1-13-15(26-12-19-13)10-22(9-14-5-3-2-4-6-14)17(24)11-21-8-7-16(23)20-18(21)25/h2-8,12H,9-11H2,1H3,(H,20,23,25). The van der Waals surface area contributed by atoms with Gasteiger partial charge in [-0.2, -0.15) is 0 Å². The van der Waals surface area contributed by atoms with E-state index in [9.17, 15) is 14.4 Å². The Hall–Kier alpha value is -3.00. The van der Waals surface area contributed by atoms with Crippen molar-refractivity contribution in [3.8, 4) is 0 Å². The molecule has 0 radical (unpaired) electrons. The molecule has 0 saturated heterocycles. The Kier molecular flexibility index (Phi) is 5.43.